The quantitative estimate of drug-likeness (QED) is 0.941. The van der Waals surface area contributed by atoms with E-state index in [4.69, 9.17) is 0 Å². The van der Waals surface area contributed by atoms with Crippen LogP contribution in [-0.4, -0.2) is 44.0 Å². The summed E-state index contributed by atoms with van der Waals surface area (Å²) in [5, 5.41) is 3.09. The van der Waals surface area contributed by atoms with Crippen molar-refractivity contribution in [3.05, 3.63) is 59.2 Å². The molecule has 24 heavy (non-hydrogen) atoms. The Labute approximate surface area is 144 Å². The number of likely N-dealkylation sites (N-methyl/N-ethyl adjacent to an activating group) is 1. The average molecular weight is 323 g/mol. The molecule has 1 fully saturated rings. The molecule has 0 unspecified atom stereocenters. The Morgan fingerprint density at radius 2 is 1.67 bits per heavy atom. The lowest BCUT2D eigenvalue weighted by atomic mass is 10.1. The van der Waals surface area contributed by atoms with Crippen molar-refractivity contribution in [1.29, 1.82) is 0 Å². The van der Waals surface area contributed by atoms with Crippen LogP contribution in [0.1, 0.15) is 21.5 Å². The van der Waals surface area contributed by atoms with E-state index in [1.165, 1.54) is 5.56 Å². The summed E-state index contributed by atoms with van der Waals surface area (Å²) in [5.74, 6) is -0.0559. The Morgan fingerprint density at radius 3 is 2.38 bits per heavy atom. The average Bonchev–Trinajstić information content (AvgIpc) is 2.58. The predicted molar refractivity (Wildman–Crippen MR) is 100 cm³/mol. The van der Waals surface area contributed by atoms with Gasteiger partial charge in [-0.05, 0) is 56.3 Å². The lowest BCUT2D eigenvalue weighted by molar-refractivity contribution is 0.102. The summed E-state index contributed by atoms with van der Waals surface area (Å²) in [7, 11) is 2.14. The maximum Gasteiger partial charge on any atom is 0.255 e. The fourth-order valence-corrected chi connectivity index (χ4v) is 2.98. The van der Waals surface area contributed by atoms with Crippen molar-refractivity contribution in [3.63, 3.8) is 0 Å². The van der Waals surface area contributed by atoms with E-state index in [0.29, 0.717) is 5.56 Å². The topological polar surface area (TPSA) is 35.6 Å². The molecule has 0 aliphatic carbocycles. The van der Waals surface area contributed by atoms with Crippen molar-refractivity contribution in [2.45, 2.75) is 13.8 Å². The maximum atomic E-state index is 12.6. The van der Waals surface area contributed by atoms with Crippen molar-refractivity contribution in [1.82, 2.24) is 4.90 Å². The summed E-state index contributed by atoms with van der Waals surface area (Å²) in [6.07, 6.45) is 0. The number of para-hydroxylation sites is 2. The van der Waals surface area contributed by atoms with Gasteiger partial charge < -0.3 is 15.1 Å². The molecule has 0 saturated carbocycles. The van der Waals surface area contributed by atoms with Crippen LogP contribution in [0.15, 0.2) is 42.5 Å². The minimum absolute atomic E-state index is 0.0559. The summed E-state index contributed by atoms with van der Waals surface area (Å²) < 4.78 is 0. The highest BCUT2D eigenvalue weighted by Crippen LogP contribution is 2.27. The highest BCUT2D eigenvalue weighted by atomic mass is 16.1. The number of carbonyl (C=O) groups excluding carboxylic acids is 1. The molecule has 0 atom stereocenters. The number of hydrogen-bond acceptors (Lipinski definition) is 3. The summed E-state index contributed by atoms with van der Waals surface area (Å²) in [6, 6.07) is 13.9. The van der Waals surface area contributed by atoms with Gasteiger partial charge >= 0.3 is 0 Å². The minimum atomic E-state index is -0.0559. The van der Waals surface area contributed by atoms with Crippen LogP contribution < -0.4 is 10.2 Å². The van der Waals surface area contributed by atoms with Crippen LogP contribution in [0, 0.1) is 13.8 Å². The first kappa shape index (κ1) is 16.5. The molecule has 3 rings (SSSR count). The number of piperazine rings is 1. The molecule has 1 N–H and O–H groups in total. The molecule has 1 saturated heterocycles. The van der Waals surface area contributed by atoms with Crippen molar-refractivity contribution in [2.75, 3.05) is 43.4 Å². The molecule has 0 bridgehead atoms. The van der Waals surface area contributed by atoms with Crippen LogP contribution in [0.5, 0.6) is 0 Å². The number of anilines is 2. The van der Waals surface area contributed by atoms with Gasteiger partial charge in [-0.3, -0.25) is 4.79 Å². The number of nitrogens with one attached hydrogen (secondary N) is 1. The van der Waals surface area contributed by atoms with Crippen molar-refractivity contribution in [2.24, 2.45) is 0 Å². The van der Waals surface area contributed by atoms with E-state index in [0.717, 1.165) is 43.1 Å². The number of hydrogen-bond donors (Lipinski definition) is 1. The van der Waals surface area contributed by atoms with Crippen LogP contribution in [-0.2, 0) is 0 Å². The Kier molecular flexibility index (Phi) is 4.86. The summed E-state index contributed by atoms with van der Waals surface area (Å²) in [6.45, 7) is 8.13. The monoisotopic (exact) mass is 323 g/mol. The second-order valence-corrected chi connectivity index (χ2v) is 6.56. The molecule has 0 radical (unpaired) electrons. The third kappa shape index (κ3) is 3.60. The summed E-state index contributed by atoms with van der Waals surface area (Å²) in [4.78, 5) is 17.3. The van der Waals surface area contributed by atoms with Gasteiger partial charge in [0.25, 0.3) is 5.91 Å². The highest BCUT2D eigenvalue weighted by Gasteiger charge is 2.18. The fourth-order valence-electron chi connectivity index (χ4n) is 2.98. The molecule has 1 aliphatic heterocycles. The minimum Gasteiger partial charge on any atom is -0.367 e. The van der Waals surface area contributed by atoms with Gasteiger partial charge in [0.05, 0.1) is 11.4 Å². The van der Waals surface area contributed by atoms with Crippen LogP contribution in [0.3, 0.4) is 0 Å². The Morgan fingerprint density at radius 1 is 0.958 bits per heavy atom. The largest absolute Gasteiger partial charge is 0.367 e. The zero-order valence-corrected chi connectivity index (χ0v) is 14.7. The third-order valence-corrected chi connectivity index (χ3v) is 4.77. The molecule has 1 heterocycles. The van der Waals surface area contributed by atoms with Crippen LogP contribution in [0.4, 0.5) is 11.4 Å². The zero-order valence-electron chi connectivity index (χ0n) is 14.7. The predicted octanol–water partition coefficient (Wildman–Crippen LogP) is 3.31. The SMILES string of the molecule is Cc1ccc(C(=O)Nc2ccccc2N2CCN(C)CC2)cc1C. The lowest BCUT2D eigenvalue weighted by Crippen LogP contribution is -2.44. The molecule has 1 amide bonds. The first-order valence-corrected chi connectivity index (χ1v) is 8.46. The molecule has 1 aliphatic rings. The smallest absolute Gasteiger partial charge is 0.255 e. The number of aryl methyl sites for hydroxylation is 2. The van der Waals surface area contributed by atoms with E-state index in [1.54, 1.807) is 0 Å². The summed E-state index contributed by atoms with van der Waals surface area (Å²) in [5.41, 5.74) is 5.01. The van der Waals surface area contributed by atoms with Crippen LogP contribution in [0.25, 0.3) is 0 Å². The van der Waals surface area contributed by atoms with E-state index in [1.807, 2.05) is 43.3 Å². The standard InChI is InChI=1S/C20H25N3O/c1-15-8-9-17(14-16(15)2)20(24)21-18-6-4-5-7-19(18)23-12-10-22(3)11-13-23/h4-9,14H,10-13H2,1-3H3,(H,21,24). The van der Waals surface area contributed by atoms with E-state index in [2.05, 4.69) is 35.2 Å². The van der Waals surface area contributed by atoms with E-state index in [-0.39, 0.29) is 5.91 Å². The van der Waals surface area contributed by atoms with Gasteiger partial charge in [0.2, 0.25) is 0 Å². The highest BCUT2D eigenvalue weighted by molar-refractivity contribution is 6.06. The molecule has 0 spiro atoms. The zero-order chi connectivity index (χ0) is 17.1. The number of carbonyl (C=O) groups is 1. The van der Waals surface area contributed by atoms with Crippen molar-refractivity contribution >= 4 is 17.3 Å². The molecule has 4 nitrogen and oxygen atoms in total. The normalized spacial score (nSPS) is 15.4. The number of nitrogens with zero attached hydrogens (tertiary/aromatic N) is 2. The van der Waals surface area contributed by atoms with Gasteiger partial charge in [-0.1, -0.05) is 18.2 Å². The van der Waals surface area contributed by atoms with Crippen molar-refractivity contribution < 1.29 is 4.79 Å². The molecule has 126 valence electrons. The maximum absolute atomic E-state index is 12.6. The van der Waals surface area contributed by atoms with Gasteiger partial charge in [-0.15, -0.1) is 0 Å². The number of rotatable bonds is 3. The van der Waals surface area contributed by atoms with Crippen LogP contribution >= 0.6 is 0 Å². The third-order valence-electron chi connectivity index (χ3n) is 4.77. The second-order valence-electron chi connectivity index (χ2n) is 6.56. The van der Waals surface area contributed by atoms with Gasteiger partial charge in [0, 0.05) is 31.7 Å². The Bertz CT molecular complexity index is 733. The first-order valence-electron chi connectivity index (χ1n) is 8.46. The number of amides is 1. The van der Waals surface area contributed by atoms with E-state index < -0.39 is 0 Å². The lowest BCUT2D eigenvalue weighted by Gasteiger charge is -2.35. The van der Waals surface area contributed by atoms with Crippen LogP contribution in [0.2, 0.25) is 0 Å². The molecule has 4 heteroatoms. The van der Waals surface area contributed by atoms with Gasteiger partial charge in [-0.2, -0.15) is 0 Å². The Hall–Kier alpha value is -2.33. The second kappa shape index (κ2) is 7.05. The molecular weight excluding hydrogens is 298 g/mol. The number of benzene rings is 2. The van der Waals surface area contributed by atoms with Gasteiger partial charge in [0.1, 0.15) is 0 Å². The summed E-state index contributed by atoms with van der Waals surface area (Å²) >= 11 is 0. The van der Waals surface area contributed by atoms with E-state index >= 15 is 0 Å². The first-order chi connectivity index (χ1) is 11.5. The van der Waals surface area contributed by atoms with Crippen molar-refractivity contribution in [3.8, 4) is 0 Å². The molecule has 0 aromatic heterocycles. The van der Waals surface area contributed by atoms with Gasteiger partial charge in [-0.25, -0.2) is 0 Å². The molecule has 2 aromatic carbocycles. The molecule has 2 aromatic rings. The fraction of sp³-hybridized carbons (Fsp3) is 0.350. The van der Waals surface area contributed by atoms with E-state index in [9.17, 15) is 4.79 Å². The van der Waals surface area contributed by atoms with Gasteiger partial charge in [0.15, 0.2) is 0 Å². The Balaban J connectivity index is 1.80. The molecular formula is C20H25N3O.